The third-order valence-corrected chi connectivity index (χ3v) is 3.74. The number of carbonyl (C=O) groups excluding carboxylic acids is 2. The number of ether oxygens (including phenoxy) is 1. The Hall–Kier alpha value is -1.95. The Labute approximate surface area is 160 Å². The number of benzene rings is 2. The topological polar surface area (TPSA) is 67.4 Å². The number of carbonyl (C=O) groups is 2. The normalized spacial score (nSPS) is 11.6. The van der Waals surface area contributed by atoms with Crippen LogP contribution in [0.15, 0.2) is 36.4 Å². The van der Waals surface area contributed by atoms with Crippen LogP contribution < -0.4 is 15.4 Å². The third kappa shape index (κ3) is 5.81. The molecule has 8 heteroatoms. The third-order valence-electron chi connectivity index (χ3n) is 3.07. The minimum absolute atomic E-state index is 0.282. The molecule has 25 heavy (non-hydrogen) atoms. The monoisotopic (exact) mass is 400 g/mol. The maximum absolute atomic E-state index is 12.4. The Balaban J connectivity index is 2.12. The SMILES string of the molecule is CC(=O)Nc1cc(Cl)ccc1NC(=O)C(C)Oc1cc(Cl)cc(Cl)c1. The van der Waals surface area contributed by atoms with Gasteiger partial charge in [0.15, 0.2) is 6.10 Å². The molecule has 2 aromatic carbocycles. The first-order chi connectivity index (χ1) is 11.7. The van der Waals surface area contributed by atoms with Crippen LogP contribution in [0, 0.1) is 0 Å². The first kappa shape index (κ1) is 19.4. The van der Waals surface area contributed by atoms with Gasteiger partial charge in [0.2, 0.25) is 5.91 Å². The Bertz CT molecular complexity index is 791. The largest absolute Gasteiger partial charge is 0.481 e. The molecule has 2 rings (SSSR count). The summed E-state index contributed by atoms with van der Waals surface area (Å²) in [5.41, 5.74) is 0.801. The van der Waals surface area contributed by atoms with E-state index in [2.05, 4.69) is 10.6 Å². The lowest BCUT2D eigenvalue weighted by molar-refractivity contribution is -0.122. The fourth-order valence-electron chi connectivity index (χ4n) is 2.01. The summed E-state index contributed by atoms with van der Waals surface area (Å²) in [5, 5.41) is 6.54. The van der Waals surface area contributed by atoms with Crippen LogP contribution in [0.4, 0.5) is 11.4 Å². The Morgan fingerprint density at radius 1 is 0.920 bits per heavy atom. The highest BCUT2D eigenvalue weighted by atomic mass is 35.5. The summed E-state index contributed by atoms with van der Waals surface area (Å²) < 4.78 is 5.56. The van der Waals surface area contributed by atoms with Gasteiger partial charge in [-0.05, 0) is 43.3 Å². The van der Waals surface area contributed by atoms with Crippen molar-refractivity contribution in [1.29, 1.82) is 0 Å². The zero-order valence-corrected chi connectivity index (χ0v) is 15.7. The van der Waals surface area contributed by atoms with E-state index in [4.69, 9.17) is 39.5 Å². The molecule has 1 atom stereocenters. The lowest BCUT2D eigenvalue weighted by atomic mass is 10.2. The second-order valence-corrected chi connectivity index (χ2v) is 6.53. The second-order valence-electron chi connectivity index (χ2n) is 5.23. The van der Waals surface area contributed by atoms with E-state index in [1.165, 1.54) is 6.92 Å². The van der Waals surface area contributed by atoms with E-state index in [1.54, 1.807) is 43.3 Å². The van der Waals surface area contributed by atoms with Crippen molar-refractivity contribution in [3.05, 3.63) is 51.5 Å². The van der Waals surface area contributed by atoms with Gasteiger partial charge in [-0.1, -0.05) is 34.8 Å². The second kappa shape index (κ2) is 8.43. The van der Waals surface area contributed by atoms with Gasteiger partial charge in [-0.3, -0.25) is 9.59 Å². The molecule has 0 saturated heterocycles. The maximum atomic E-state index is 12.4. The summed E-state index contributed by atoms with van der Waals surface area (Å²) in [6.07, 6.45) is -0.824. The van der Waals surface area contributed by atoms with Crippen molar-refractivity contribution in [2.24, 2.45) is 0 Å². The average molecular weight is 402 g/mol. The van der Waals surface area contributed by atoms with E-state index in [0.717, 1.165) is 0 Å². The molecule has 0 spiro atoms. The molecule has 1 unspecified atom stereocenters. The van der Waals surface area contributed by atoms with Gasteiger partial charge in [0.1, 0.15) is 5.75 Å². The summed E-state index contributed by atoms with van der Waals surface area (Å²) in [6.45, 7) is 2.94. The van der Waals surface area contributed by atoms with Gasteiger partial charge in [-0.15, -0.1) is 0 Å². The molecule has 2 aromatic rings. The zero-order chi connectivity index (χ0) is 18.6. The van der Waals surface area contributed by atoms with Crippen LogP contribution in [-0.4, -0.2) is 17.9 Å². The van der Waals surface area contributed by atoms with Crippen LogP contribution in [0.1, 0.15) is 13.8 Å². The van der Waals surface area contributed by atoms with Gasteiger partial charge in [-0.25, -0.2) is 0 Å². The summed E-state index contributed by atoms with van der Waals surface area (Å²) in [7, 11) is 0. The van der Waals surface area contributed by atoms with Crippen molar-refractivity contribution in [2.75, 3.05) is 10.6 Å². The minimum atomic E-state index is -0.824. The molecular formula is C17H15Cl3N2O3. The van der Waals surface area contributed by atoms with Gasteiger partial charge < -0.3 is 15.4 Å². The molecular weight excluding hydrogens is 387 g/mol. The van der Waals surface area contributed by atoms with Crippen molar-refractivity contribution in [2.45, 2.75) is 20.0 Å². The fourth-order valence-corrected chi connectivity index (χ4v) is 2.69. The molecule has 2 N–H and O–H groups in total. The first-order valence-corrected chi connectivity index (χ1v) is 8.39. The van der Waals surface area contributed by atoms with Gasteiger partial charge in [0, 0.05) is 22.0 Å². The Kier molecular flexibility index (Phi) is 6.53. The molecule has 0 bridgehead atoms. The first-order valence-electron chi connectivity index (χ1n) is 7.25. The van der Waals surface area contributed by atoms with Crippen LogP contribution in [0.3, 0.4) is 0 Å². The van der Waals surface area contributed by atoms with Crippen LogP contribution in [0.5, 0.6) is 5.75 Å². The Morgan fingerprint density at radius 2 is 1.56 bits per heavy atom. The van der Waals surface area contributed by atoms with Crippen LogP contribution >= 0.6 is 34.8 Å². The molecule has 0 aliphatic carbocycles. The standard InChI is InChI=1S/C17H15Cl3N2O3/c1-9(25-14-6-12(19)5-13(20)7-14)17(24)22-15-4-3-11(18)8-16(15)21-10(2)23/h3-9H,1-2H3,(H,21,23)(H,22,24). The molecule has 0 fully saturated rings. The molecule has 0 aliphatic heterocycles. The summed E-state index contributed by atoms with van der Waals surface area (Å²) in [5.74, 6) is -0.320. The Morgan fingerprint density at radius 3 is 2.16 bits per heavy atom. The van der Waals surface area contributed by atoms with Crippen molar-refractivity contribution < 1.29 is 14.3 Å². The quantitative estimate of drug-likeness (QED) is 0.740. The van der Waals surface area contributed by atoms with E-state index in [1.807, 2.05) is 0 Å². The number of rotatable bonds is 5. The maximum Gasteiger partial charge on any atom is 0.265 e. The number of anilines is 2. The number of halogens is 3. The molecule has 0 saturated carbocycles. The molecule has 132 valence electrons. The van der Waals surface area contributed by atoms with Crippen LogP contribution in [-0.2, 0) is 9.59 Å². The molecule has 0 radical (unpaired) electrons. The van der Waals surface area contributed by atoms with Gasteiger partial charge >= 0.3 is 0 Å². The van der Waals surface area contributed by atoms with Crippen molar-refractivity contribution >= 4 is 58.0 Å². The number of nitrogens with one attached hydrogen (secondary N) is 2. The average Bonchev–Trinajstić information content (AvgIpc) is 2.48. The lowest BCUT2D eigenvalue weighted by Crippen LogP contribution is -2.30. The van der Waals surface area contributed by atoms with Crippen molar-refractivity contribution in [3.63, 3.8) is 0 Å². The molecule has 5 nitrogen and oxygen atoms in total. The zero-order valence-electron chi connectivity index (χ0n) is 13.4. The molecule has 0 aromatic heterocycles. The lowest BCUT2D eigenvalue weighted by Gasteiger charge is -2.17. The summed E-state index contributed by atoms with van der Waals surface area (Å²) in [6, 6.07) is 9.42. The van der Waals surface area contributed by atoms with Gasteiger partial charge in [0.25, 0.3) is 5.91 Å². The minimum Gasteiger partial charge on any atom is -0.481 e. The van der Waals surface area contributed by atoms with Crippen LogP contribution in [0.25, 0.3) is 0 Å². The summed E-state index contributed by atoms with van der Waals surface area (Å²) >= 11 is 17.7. The molecule has 2 amide bonds. The highest BCUT2D eigenvalue weighted by Gasteiger charge is 2.17. The van der Waals surface area contributed by atoms with E-state index in [0.29, 0.717) is 32.2 Å². The van der Waals surface area contributed by atoms with Gasteiger partial charge in [-0.2, -0.15) is 0 Å². The van der Waals surface area contributed by atoms with Crippen LogP contribution in [0.2, 0.25) is 15.1 Å². The predicted molar refractivity (Wildman–Crippen MR) is 101 cm³/mol. The van der Waals surface area contributed by atoms with E-state index in [-0.39, 0.29) is 5.91 Å². The number of hydrogen-bond donors (Lipinski definition) is 2. The fraction of sp³-hybridized carbons (Fsp3) is 0.176. The van der Waals surface area contributed by atoms with Crippen molar-refractivity contribution in [1.82, 2.24) is 0 Å². The van der Waals surface area contributed by atoms with Gasteiger partial charge in [0.05, 0.1) is 11.4 Å². The smallest absolute Gasteiger partial charge is 0.265 e. The van der Waals surface area contributed by atoms with Crippen molar-refractivity contribution in [3.8, 4) is 5.75 Å². The predicted octanol–water partition coefficient (Wildman–Crippen LogP) is 5.01. The van der Waals surface area contributed by atoms with E-state index >= 15 is 0 Å². The highest BCUT2D eigenvalue weighted by Crippen LogP contribution is 2.27. The number of hydrogen-bond acceptors (Lipinski definition) is 3. The summed E-state index contributed by atoms with van der Waals surface area (Å²) in [4.78, 5) is 23.6. The van der Waals surface area contributed by atoms with E-state index < -0.39 is 12.0 Å². The molecule has 0 aliphatic rings. The molecule has 0 heterocycles. The van der Waals surface area contributed by atoms with E-state index in [9.17, 15) is 9.59 Å². The number of amides is 2. The highest BCUT2D eigenvalue weighted by molar-refractivity contribution is 6.34.